The van der Waals surface area contributed by atoms with Crippen LogP contribution in [0.1, 0.15) is 18.2 Å². The number of rotatable bonds is 5. The van der Waals surface area contributed by atoms with Crippen LogP contribution in [0.25, 0.3) is 0 Å². The van der Waals surface area contributed by atoms with E-state index in [9.17, 15) is 4.39 Å². The molecular formula is C15H16FN3O. The number of benzene rings is 1. The van der Waals surface area contributed by atoms with E-state index in [0.29, 0.717) is 30.0 Å². The Morgan fingerprint density at radius 2 is 2.20 bits per heavy atom. The highest BCUT2D eigenvalue weighted by Crippen LogP contribution is 2.28. The molecule has 0 radical (unpaired) electrons. The van der Waals surface area contributed by atoms with Gasteiger partial charge >= 0.3 is 0 Å². The predicted molar refractivity (Wildman–Crippen MR) is 76.2 cm³/mol. The van der Waals surface area contributed by atoms with Crippen LogP contribution >= 0.6 is 0 Å². The van der Waals surface area contributed by atoms with E-state index in [1.165, 1.54) is 6.33 Å². The molecule has 20 heavy (non-hydrogen) atoms. The average molecular weight is 273 g/mol. The summed E-state index contributed by atoms with van der Waals surface area (Å²) in [6.45, 7) is 5.50. The lowest BCUT2D eigenvalue weighted by atomic mass is 10.1. The maximum atomic E-state index is 14.1. The Labute approximate surface area is 117 Å². The van der Waals surface area contributed by atoms with Crippen LogP contribution in [0.2, 0.25) is 0 Å². The Balaban J connectivity index is 2.37. The molecule has 0 bridgehead atoms. The monoisotopic (exact) mass is 273 g/mol. The third-order valence-corrected chi connectivity index (χ3v) is 2.82. The van der Waals surface area contributed by atoms with Crippen LogP contribution < -0.4 is 10.5 Å². The summed E-state index contributed by atoms with van der Waals surface area (Å²) in [4.78, 5) is 7.71. The first-order valence-corrected chi connectivity index (χ1v) is 6.32. The minimum absolute atomic E-state index is 0.0769. The predicted octanol–water partition coefficient (Wildman–Crippen LogP) is 3.28. The molecule has 0 unspecified atom stereocenters. The van der Waals surface area contributed by atoms with Crippen molar-refractivity contribution in [2.24, 2.45) is 0 Å². The van der Waals surface area contributed by atoms with Crippen molar-refractivity contribution in [2.75, 3.05) is 5.73 Å². The molecule has 0 aliphatic rings. The van der Waals surface area contributed by atoms with Crippen LogP contribution in [-0.2, 0) is 12.8 Å². The van der Waals surface area contributed by atoms with E-state index in [0.717, 1.165) is 5.56 Å². The quantitative estimate of drug-likeness (QED) is 0.671. The Bertz CT molecular complexity index is 629. The molecule has 0 saturated carbocycles. The van der Waals surface area contributed by atoms with Gasteiger partial charge in [-0.1, -0.05) is 13.0 Å². The Hall–Kier alpha value is -2.43. The minimum atomic E-state index is -0.531. The van der Waals surface area contributed by atoms with Crippen molar-refractivity contribution in [3.05, 3.63) is 54.3 Å². The van der Waals surface area contributed by atoms with Crippen molar-refractivity contribution in [3.63, 3.8) is 0 Å². The van der Waals surface area contributed by atoms with Crippen LogP contribution in [0.4, 0.5) is 10.1 Å². The number of allylic oxidation sites excluding steroid dienone is 1. The summed E-state index contributed by atoms with van der Waals surface area (Å²) in [6, 6.07) is 5.17. The van der Waals surface area contributed by atoms with Crippen molar-refractivity contribution >= 4 is 5.69 Å². The molecule has 5 heteroatoms. The second-order valence-corrected chi connectivity index (χ2v) is 4.26. The molecule has 0 atom stereocenters. The number of hydrogen-bond acceptors (Lipinski definition) is 4. The summed E-state index contributed by atoms with van der Waals surface area (Å²) in [6.07, 6.45) is 4.08. The number of ether oxygens (including phenoxy) is 1. The molecule has 2 rings (SSSR count). The molecule has 1 aromatic heterocycles. The maximum Gasteiger partial charge on any atom is 0.259 e. The van der Waals surface area contributed by atoms with Crippen molar-refractivity contribution in [2.45, 2.75) is 19.8 Å². The molecule has 4 nitrogen and oxygen atoms in total. The number of halogens is 1. The Morgan fingerprint density at radius 3 is 2.90 bits per heavy atom. The van der Waals surface area contributed by atoms with E-state index >= 15 is 0 Å². The first-order chi connectivity index (χ1) is 9.65. The zero-order valence-corrected chi connectivity index (χ0v) is 11.3. The first-order valence-electron chi connectivity index (χ1n) is 6.32. The summed E-state index contributed by atoms with van der Waals surface area (Å²) >= 11 is 0. The first kappa shape index (κ1) is 14.0. The van der Waals surface area contributed by atoms with Crippen LogP contribution in [0, 0.1) is 5.82 Å². The lowest BCUT2D eigenvalue weighted by Gasteiger charge is -2.11. The van der Waals surface area contributed by atoms with Gasteiger partial charge in [0.15, 0.2) is 0 Å². The summed E-state index contributed by atoms with van der Waals surface area (Å²) in [5, 5.41) is 0. The summed E-state index contributed by atoms with van der Waals surface area (Å²) in [5.74, 6) is -0.0953. The van der Waals surface area contributed by atoms with Gasteiger partial charge in [-0.2, -0.15) is 9.37 Å². The fourth-order valence-electron chi connectivity index (χ4n) is 1.82. The molecule has 0 aliphatic heterocycles. The van der Waals surface area contributed by atoms with Crippen molar-refractivity contribution in [1.82, 2.24) is 9.97 Å². The highest BCUT2D eigenvalue weighted by atomic mass is 19.1. The van der Waals surface area contributed by atoms with E-state index < -0.39 is 5.82 Å². The second-order valence-electron chi connectivity index (χ2n) is 4.26. The molecule has 0 aliphatic carbocycles. The Kier molecular flexibility index (Phi) is 4.30. The number of aromatic nitrogens is 2. The molecule has 2 aromatic rings. The number of hydrogen-bond donors (Lipinski definition) is 1. The number of nitrogen functional groups attached to an aromatic ring is 1. The SMILES string of the molecule is C=CCc1cc(N)ccc1Oc1ncnc(CC)c1F. The molecule has 104 valence electrons. The molecule has 0 spiro atoms. The van der Waals surface area contributed by atoms with Gasteiger partial charge in [0, 0.05) is 11.3 Å². The molecule has 1 aromatic carbocycles. The van der Waals surface area contributed by atoms with Gasteiger partial charge in [-0.3, -0.25) is 0 Å². The van der Waals surface area contributed by atoms with Gasteiger partial charge in [0.1, 0.15) is 12.1 Å². The largest absolute Gasteiger partial charge is 0.436 e. The van der Waals surface area contributed by atoms with Gasteiger partial charge in [-0.05, 0) is 31.0 Å². The topological polar surface area (TPSA) is 61.0 Å². The van der Waals surface area contributed by atoms with Gasteiger partial charge in [-0.15, -0.1) is 6.58 Å². The number of nitrogens with zero attached hydrogens (tertiary/aromatic N) is 2. The van der Waals surface area contributed by atoms with Gasteiger partial charge in [-0.25, -0.2) is 4.98 Å². The third-order valence-electron chi connectivity index (χ3n) is 2.82. The molecule has 0 fully saturated rings. The second kappa shape index (κ2) is 6.14. The molecular weight excluding hydrogens is 257 g/mol. The van der Waals surface area contributed by atoms with E-state index in [2.05, 4.69) is 16.5 Å². The van der Waals surface area contributed by atoms with Gasteiger partial charge in [0.2, 0.25) is 5.82 Å². The van der Waals surface area contributed by atoms with E-state index in [1.54, 1.807) is 24.3 Å². The fourth-order valence-corrected chi connectivity index (χ4v) is 1.82. The van der Waals surface area contributed by atoms with Crippen LogP contribution in [-0.4, -0.2) is 9.97 Å². The van der Waals surface area contributed by atoms with E-state index in [4.69, 9.17) is 10.5 Å². The molecule has 0 amide bonds. The molecule has 2 N–H and O–H groups in total. The van der Waals surface area contributed by atoms with Crippen LogP contribution in [0.15, 0.2) is 37.2 Å². The molecule has 0 saturated heterocycles. The minimum Gasteiger partial charge on any atom is -0.436 e. The van der Waals surface area contributed by atoms with Crippen molar-refractivity contribution < 1.29 is 9.13 Å². The third kappa shape index (κ3) is 2.93. The summed E-state index contributed by atoms with van der Waals surface area (Å²) in [7, 11) is 0. The standard InChI is InChI=1S/C15H16FN3O/c1-3-5-10-8-11(17)6-7-13(10)20-15-14(16)12(4-2)18-9-19-15/h3,6-9H,1,4-5,17H2,2H3. The van der Waals surface area contributed by atoms with E-state index in [1.807, 2.05) is 6.92 Å². The smallest absolute Gasteiger partial charge is 0.259 e. The maximum absolute atomic E-state index is 14.1. The number of anilines is 1. The van der Waals surface area contributed by atoms with Gasteiger partial charge < -0.3 is 10.5 Å². The highest BCUT2D eigenvalue weighted by Gasteiger charge is 2.13. The normalized spacial score (nSPS) is 10.3. The van der Waals surface area contributed by atoms with E-state index in [-0.39, 0.29) is 5.88 Å². The Morgan fingerprint density at radius 1 is 1.40 bits per heavy atom. The van der Waals surface area contributed by atoms with Gasteiger partial charge in [0.25, 0.3) is 5.88 Å². The lowest BCUT2D eigenvalue weighted by molar-refractivity contribution is 0.412. The summed E-state index contributed by atoms with van der Waals surface area (Å²) < 4.78 is 19.6. The zero-order chi connectivity index (χ0) is 14.5. The molecule has 1 heterocycles. The van der Waals surface area contributed by atoms with Crippen molar-refractivity contribution in [3.8, 4) is 11.6 Å². The lowest BCUT2D eigenvalue weighted by Crippen LogP contribution is -2.01. The number of aryl methyl sites for hydroxylation is 1. The van der Waals surface area contributed by atoms with Crippen LogP contribution in [0.5, 0.6) is 11.6 Å². The highest BCUT2D eigenvalue weighted by molar-refractivity contribution is 5.49. The zero-order valence-electron chi connectivity index (χ0n) is 11.3. The fraction of sp³-hybridized carbons (Fsp3) is 0.200. The number of nitrogens with two attached hydrogens (primary N) is 1. The van der Waals surface area contributed by atoms with Gasteiger partial charge in [0.05, 0.1) is 5.69 Å². The van der Waals surface area contributed by atoms with Crippen molar-refractivity contribution in [1.29, 1.82) is 0 Å². The van der Waals surface area contributed by atoms with Crippen LogP contribution in [0.3, 0.4) is 0 Å². The summed E-state index contributed by atoms with van der Waals surface area (Å²) in [5.41, 5.74) is 7.51. The average Bonchev–Trinajstić information content (AvgIpc) is 2.44.